The summed E-state index contributed by atoms with van der Waals surface area (Å²) >= 11 is 3.66. The molecule has 156 valence electrons. The van der Waals surface area contributed by atoms with Crippen LogP contribution in [0.2, 0.25) is 0 Å². The third-order valence-electron chi connectivity index (χ3n) is 5.44. The Morgan fingerprint density at radius 3 is 2.38 bits per heavy atom. The molecule has 0 unspecified atom stereocenters. The van der Waals surface area contributed by atoms with Crippen molar-refractivity contribution in [3.63, 3.8) is 0 Å². The first-order valence-electron chi connectivity index (χ1n) is 10.1. The van der Waals surface area contributed by atoms with Gasteiger partial charge in [-0.3, -0.25) is 4.98 Å². The van der Waals surface area contributed by atoms with Crippen LogP contribution in [0.5, 0.6) is 0 Å². The van der Waals surface area contributed by atoms with Crippen LogP contribution in [-0.4, -0.2) is 35.3 Å². The number of aliphatic hydroxyl groups is 1. The van der Waals surface area contributed by atoms with Crippen molar-refractivity contribution < 1.29 is 14.6 Å². The van der Waals surface area contributed by atoms with Crippen LogP contribution in [0.4, 0.5) is 5.69 Å². The quantitative estimate of drug-likeness (QED) is 0.647. The average molecular weight is 461 g/mol. The molecular formula is C23H29BrN2O3. The first-order valence-corrected chi connectivity index (χ1v) is 10.9. The van der Waals surface area contributed by atoms with E-state index in [4.69, 9.17) is 4.74 Å². The van der Waals surface area contributed by atoms with Gasteiger partial charge in [0, 0.05) is 24.3 Å². The molecule has 1 N–H and O–H groups in total. The van der Waals surface area contributed by atoms with Gasteiger partial charge in [-0.2, -0.15) is 0 Å². The lowest BCUT2D eigenvalue weighted by Gasteiger charge is -2.36. The van der Waals surface area contributed by atoms with Crippen molar-refractivity contribution in [2.75, 3.05) is 18.0 Å². The fraction of sp³-hybridized carbons (Fsp3) is 0.478. The number of piperidine rings is 1. The second-order valence-electron chi connectivity index (χ2n) is 7.92. The molecule has 3 rings (SSSR count). The number of nitrogens with zero attached hydrogens (tertiary/aromatic N) is 2. The number of carbonyl (C=O) groups is 1. The summed E-state index contributed by atoms with van der Waals surface area (Å²) in [4.78, 5) is 19.2. The number of pyridine rings is 1. The minimum absolute atomic E-state index is 0.288. The highest BCUT2D eigenvalue weighted by Crippen LogP contribution is 2.40. The Morgan fingerprint density at radius 1 is 1.17 bits per heavy atom. The number of ether oxygens (including phenoxy) is 1. The first-order chi connectivity index (χ1) is 13.8. The highest BCUT2D eigenvalue weighted by Gasteiger charge is 2.32. The zero-order valence-corrected chi connectivity index (χ0v) is 19.1. The van der Waals surface area contributed by atoms with Crippen molar-refractivity contribution in [1.82, 2.24) is 4.98 Å². The molecule has 0 bridgehead atoms. The van der Waals surface area contributed by atoms with Crippen molar-refractivity contribution in [2.45, 2.75) is 58.7 Å². The molecule has 0 spiro atoms. The predicted octanol–water partition coefficient (Wildman–Crippen LogP) is 4.83. The van der Waals surface area contributed by atoms with Crippen molar-refractivity contribution in [2.24, 2.45) is 0 Å². The van der Waals surface area contributed by atoms with Gasteiger partial charge in [-0.1, -0.05) is 30.3 Å². The second kappa shape index (κ2) is 9.26. The molecule has 1 atom stereocenters. The third kappa shape index (κ3) is 4.81. The lowest BCUT2D eigenvalue weighted by atomic mass is 9.89. The number of carbonyl (C=O) groups excluding carboxylic acids is 1. The van der Waals surface area contributed by atoms with Crippen molar-refractivity contribution in [3.05, 3.63) is 57.3 Å². The maximum Gasteiger partial charge on any atom is 0.340 e. The number of aryl methyl sites for hydroxylation is 2. The molecule has 1 fully saturated rings. The van der Waals surface area contributed by atoms with Gasteiger partial charge >= 0.3 is 5.97 Å². The molecule has 1 aliphatic heterocycles. The normalized spacial score (nSPS) is 16.2. The van der Waals surface area contributed by atoms with E-state index < -0.39 is 12.1 Å². The van der Waals surface area contributed by atoms with E-state index in [1.165, 1.54) is 5.56 Å². The zero-order chi connectivity index (χ0) is 21.1. The van der Waals surface area contributed by atoms with E-state index in [1.807, 2.05) is 19.9 Å². The van der Waals surface area contributed by atoms with E-state index in [-0.39, 0.29) is 6.10 Å². The number of aliphatic hydroxyl groups excluding tert-OH is 1. The number of anilines is 1. The van der Waals surface area contributed by atoms with Crippen LogP contribution < -0.4 is 4.90 Å². The molecule has 2 aromatic rings. The van der Waals surface area contributed by atoms with Gasteiger partial charge in [-0.25, -0.2) is 4.79 Å². The summed E-state index contributed by atoms with van der Waals surface area (Å²) in [5, 5.41) is 10.8. The summed E-state index contributed by atoms with van der Waals surface area (Å²) < 4.78 is 6.08. The van der Waals surface area contributed by atoms with E-state index >= 15 is 0 Å². The lowest BCUT2D eigenvalue weighted by Crippen LogP contribution is -2.35. The molecule has 1 aromatic carbocycles. The molecule has 0 amide bonds. The fourth-order valence-corrected chi connectivity index (χ4v) is 4.59. The van der Waals surface area contributed by atoms with E-state index in [0.29, 0.717) is 17.2 Å². The summed E-state index contributed by atoms with van der Waals surface area (Å²) in [5.41, 5.74) is 4.25. The maximum absolute atomic E-state index is 12.4. The van der Waals surface area contributed by atoms with Gasteiger partial charge in [0.15, 0.2) is 6.10 Å². The van der Waals surface area contributed by atoms with E-state index in [2.05, 4.69) is 50.1 Å². The van der Waals surface area contributed by atoms with Crippen LogP contribution in [0, 0.1) is 13.8 Å². The Hall–Kier alpha value is -1.92. The van der Waals surface area contributed by atoms with Crippen molar-refractivity contribution >= 4 is 27.6 Å². The number of rotatable bonds is 5. The molecule has 0 aliphatic carbocycles. The molecule has 29 heavy (non-hydrogen) atoms. The summed E-state index contributed by atoms with van der Waals surface area (Å²) in [6.45, 7) is 9.01. The number of benzene rings is 1. The summed E-state index contributed by atoms with van der Waals surface area (Å²) in [5.74, 6) is -0.115. The smallest absolute Gasteiger partial charge is 0.340 e. The number of halogens is 1. The summed E-state index contributed by atoms with van der Waals surface area (Å²) in [6.07, 6.45) is 0.388. The van der Waals surface area contributed by atoms with Gasteiger partial charge in [-0.15, -0.1) is 0 Å². The first kappa shape index (κ1) is 21.8. The number of hydrogen-bond donors (Lipinski definition) is 1. The molecule has 5 nitrogen and oxygen atoms in total. The standard InChI is InChI=1S/C23H29BrN2O3/c1-14(2)29-23(28)22(27)19-15(3)25-16(4)20(24)21(19)26-12-10-18(11-13-26)17-8-6-5-7-9-17/h5-9,14,18,22,27H,10-13H2,1-4H3/t22-/m0/s1. The second-order valence-corrected chi connectivity index (χ2v) is 8.71. The number of aromatic nitrogens is 1. The zero-order valence-electron chi connectivity index (χ0n) is 17.5. The topological polar surface area (TPSA) is 62.7 Å². The van der Waals surface area contributed by atoms with Crippen LogP contribution in [-0.2, 0) is 9.53 Å². The monoisotopic (exact) mass is 460 g/mol. The Bertz CT molecular complexity index is 862. The van der Waals surface area contributed by atoms with Crippen molar-refractivity contribution in [3.8, 4) is 0 Å². The third-order valence-corrected chi connectivity index (χ3v) is 6.39. The van der Waals surface area contributed by atoms with Crippen LogP contribution in [0.25, 0.3) is 0 Å². The fourth-order valence-electron chi connectivity index (χ4n) is 4.03. The number of hydrogen-bond acceptors (Lipinski definition) is 5. The minimum Gasteiger partial charge on any atom is -0.461 e. The number of esters is 1. The lowest BCUT2D eigenvalue weighted by molar-refractivity contribution is -0.157. The molecule has 0 radical (unpaired) electrons. The molecule has 1 saturated heterocycles. The Balaban J connectivity index is 1.90. The van der Waals surface area contributed by atoms with Crippen LogP contribution in [0.3, 0.4) is 0 Å². The highest BCUT2D eigenvalue weighted by atomic mass is 79.9. The van der Waals surface area contributed by atoms with Crippen molar-refractivity contribution in [1.29, 1.82) is 0 Å². The van der Waals surface area contributed by atoms with Gasteiger partial charge < -0.3 is 14.7 Å². The van der Waals surface area contributed by atoms with Gasteiger partial charge in [0.1, 0.15) is 0 Å². The van der Waals surface area contributed by atoms with Crippen LogP contribution in [0.15, 0.2) is 34.8 Å². The van der Waals surface area contributed by atoms with Gasteiger partial charge in [0.2, 0.25) is 0 Å². The SMILES string of the molecule is Cc1nc(C)c([C@H](O)C(=O)OC(C)C)c(N2CCC(c3ccccc3)CC2)c1Br. The molecule has 1 aliphatic rings. The molecular weight excluding hydrogens is 432 g/mol. The highest BCUT2D eigenvalue weighted by molar-refractivity contribution is 9.10. The van der Waals surface area contributed by atoms with E-state index in [0.717, 1.165) is 41.8 Å². The van der Waals surface area contributed by atoms with Crippen LogP contribution in [0.1, 0.15) is 61.2 Å². The Morgan fingerprint density at radius 2 is 1.79 bits per heavy atom. The Labute approximate surface area is 181 Å². The summed E-state index contributed by atoms with van der Waals surface area (Å²) in [7, 11) is 0. The van der Waals surface area contributed by atoms with Gasteiger partial charge in [0.25, 0.3) is 0 Å². The predicted molar refractivity (Wildman–Crippen MR) is 118 cm³/mol. The molecule has 2 heterocycles. The maximum atomic E-state index is 12.4. The Kier molecular flexibility index (Phi) is 6.96. The molecule has 1 aromatic heterocycles. The minimum atomic E-state index is -1.36. The van der Waals surface area contributed by atoms with Crippen LogP contribution >= 0.6 is 15.9 Å². The van der Waals surface area contributed by atoms with Gasteiger partial charge in [-0.05, 0) is 67.9 Å². The van der Waals surface area contributed by atoms with E-state index in [9.17, 15) is 9.90 Å². The average Bonchev–Trinajstić information content (AvgIpc) is 2.70. The molecule has 6 heteroatoms. The largest absolute Gasteiger partial charge is 0.461 e. The summed E-state index contributed by atoms with van der Waals surface area (Å²) in [6, 6.07) is 10.6. The van der Waals surface area contributed by atoms with Gasteiger partial charge in [0.05, 0.1) is 22.0 Å². The molecule has 0 saturated carbocycles. The van der Waals surface area contributed by atoms with E-state index in [1.54, 1.807) is 13.8 Å².